The highest BCUT2D eigenvalue weighted by molar-refractivity contribution is 7.47. The number of esters is 4. The van der Waals surface area contributed by atoms with E-state index in [9.17, 15) is 43.2 Å². The van der Waals surface area contributed by atoms with Gasteiger partial charge in [0.1, 0.15) is 19.3 Å². The van der Waals surface area contributed by atoms with E-state index in [0.717, 1.165) is 102 Å². The topological polar surface area (TPSA) is 237 Å². The summed E-state index contributed by atoms with van der Waals surface area (Å²) in [5, 5.41) is 10.6. The highest BCUT2D eigenvalue weighted by Gasteiger charge is 2.30. The second-order valence-electron chi connectivity index (χ2n) is 28.8. The third-order valence-electron chi connectivity index (χ3n) is 18.6. The first-order valence-electron chi connectivity index (χ1n) is 40.5. The molecule has 19 heteroatoms. The molecule has 0 aromatic rings. The van der Waals surface area contributed by atoms with Gasteiger partial charge in [-0.15, -0.1) is 0 Å². The molecule has 0 spiro atoms. The van der Waals surface area contributed by atoms with E-state index in [4.69, 9.17) is 37.0 Å². The van der Waals surface area contributed by atoms with Crippen LogP contribution in [0, 0.1) is 11.8 Å². The van der Waals surface area contributed by atoms with Crippen LogP contribution in [0.5, 0.6) is 0 Å². The summed E-state index contributed by atoms with van der Waals surface area (Å²) in [5.41, 5.74) is 0. The molecule has 0 bridgehead atoms. The van der Waals surface area contributed by atoms with Gasteiger partial charge in [-0.2, -0.15) is 0 Å². The smallest absolute Gasteiger partial charge is 0.462 e. The zero-order chi connectivity index (χ0) is 71.4. The van der Waals surface area contributed by atoms with Gasteiger partial charge in [-0.05, 0) is 37.5 Å². The Morgan fingerprint density at radius 3 is 0.784 bits per heavy atom. The quantitative estimate of drug-likeness (QED) is 0.0222. The molecule has 0 aromatic heterocycles. The Hall–Kier alpha value is -1.94. The minimum absolute atomic E-state index is 0.107. The lowest BCUT2D eigenvalue weighted by molar-refractivity contribution is -0.161. The van der Waals surface area contributed by atoms with Crippen molar-refractivity contribution in [3.05, 3.63) is 0 Å². The molecule has 0 aliphatic rings. The van der Waals surface area contributed by atoms with Crippen molar-refractivity contribution in [1.29, 1.82) is 0 Å². The number of rotatable bonds is 77. The maximum Gasteiger partial charge on any atom is 0.472 e. The summed E-state index contributed by atoms with van der Waals surface area (Å²) in [6, 6.07) is 0. The number of phosphoric ester groups is 2. The van der Waals surface area contributed by atoms with E-state index >= 15 is 0 Å². The predicted molar refractivity (Wildman–Crippen MR) is 395 cm³/mol. The third kappa shape index (κ3) is 70.9. The molecule has 6 atom stereocenters. The van der Waals surface area contributed by atoms with Gasteiger partial charge in [-0.3, -0.25) is 37.3 Å². The Morgan fingerprint density at radius 1 is 0.299 bits per heavy atom. The fourth-order valence-corrected chi connectivity index (χ4v) is 13.6. The summed E-state index contributed by atoms with van der Waals surface area (Å²) in [5.74, 6) is -0.526. The Bertz CT molecular complexity index is 1870. The number of ether oxygens (including phenoxy) is 4. The molecule has 17 nitrogen and oxygen atoms in total. The van der Waals surface area contributed by atoms with Crippen LogP contribution in [-0.2, 0) is 65.4 Å². The van der Waals surface area contributed by atoms with Crippen molar-refractivity contribution in [2.75, 3.05) is 39.6 Å². The average Bonchev–Trinajstić information content (AvgIpc) is 2.36. The van der Waals surface area contributed by atoms with Crippen molar-refractivity contribution in [2.24, 2.45) is 11.8 Å². The Labute approximate surface area is 594 Å². The number of aliphatic hydroxyl groups excluding tert-OH is 1. The minimum Gasteiger partial charge on any atom is -0.462 e. The molecule has 576 valence electrons. The molecule has 0 aliphatic heterocycles. The summed E-state index contributed by atoms with van der Waals surface area (Å²) in [7, 11) is -9.92. The molecule has 0 heterocycles. The molecule has 0 fully saturated rings. The van der Waals surface area contributed by atoms with Crippen LogP contribution in [0.3, 0.4) is 0 Å². The molecule has 0 saturated heterocycles. The second kappa shape index (κ2) is 69.8. The first-order chi connectivity index (χ1) is 46.9. The molecule has 0 radical (unpaired) electrons. The lowest BCUT2D eigenvalue weighted by Gasteiger charge is -2.21. The van der Waals surface area contributed by atoms with Crippen LogP contribution in [0.2, 0.25) is 0 Å². The monoisotopic (exact) mass is 1420 g/mol. The molecule has 3 N–H and O–H groups in total. The van der Waals surface area contributed by atoms with Crippen LogP contribution in [0.1, 0.15) is 408 Å². The maximum absolute atomic E-state index is 13.1. The van der Waals surface area contributed by atoms with Crippen LogP contribution >= 0.6 is 15.6 Å². The van der Waals surface area contributed by atoms with Crippen molar-refractivity contribution in [2.45, 2.75) is 426 Å². The Balaban J connectivity index is 5.26. The van der Waals surface area contributed by atoms with E-state index in [1.165, 1.54) is 225 Å². The van der Waals surface area contributed by atoms with Crippen LogP contribution in [0.4, 0.5) is 0 Å². The van der Waals surface area contributed by atoms with E-state index in [2.05, 4.69) is 41.5 Å². The average molecular weight is 1420 g/mol. The van der Waals surface area contributed by atoms with Crippen LogP contribution < -0.4 is 0 Å². The van der Waals surface area contributed by atoms with Crippen molar-refractivity contribution in [3.8, 4) is 0 Å². The fraction of sp³-hybridized carbons (Fsp3) is 0.949. The highest BCUT2D eigenvalue weighted by atomic mass is 31.2. The summed E-state index contributed by atoms with van der Waals surface area (Å²) in [6.45, 7) is 9.65. The highest BCUT2D eigenvalue weighted by Crippen LogP contribution is 2.45. The molecular weight excluding hydrogens is 1270 g/mol. The lowest BCUT2D eigenvalue weighted by atomic mass is 9.99. The first kappa shape index (κ1) is 95.1. The van der Waals surface area contributed by atoms with Gasteiger partial charge in [0.2, 0.25) is 0 Å². The third-order valence-corrected chi connectivity index (χ3v) is 20.5. The zero-order valence-corrected chi connectivity index (χ0v) is 65.2. The number of hydrogen-bond donors (Lipinski definition) is 3. The second-order valence-corrected chi connectivity index (χ2v) is 31.7. The normalized spacial score (nSPS) is 14.2. The van der Waals surface area contributed by atoms with Crippen LogP contribution in [0.25, 0.3) is 0 Å². The predicted octanol–water partition coefficient (Wildman–Crippen LogP) is 23.1. The molecule has 0 amide bonds. The lowest BCUT2D eigenvalue weighted by Crippen LogP contribution is -2.30. The summed E-state index contributed by atoms with van der Waals surface area (Å²) in [4.78, 5) is 72.9. The molecule has 0 saturated carbocycles. The van der Waals surface area contributed by atoms with Crippen LogP contribution in [-0.4, -0.2) is 96.7 Å². The molecule has 0 rings (SSSR count). The van der Waals surface area contributed by atoms with Gasteiger partial charge in [0.25, 0.3) is 0 Å². The maximum atomic E-state index is 13.1. The van der Waals surface area contributed by atoms with E-state index < -0.39 is 97.5 Å². The zero-order valence-electron chi connectivity index (χ0n) is 63.4. The number of carbonyl (C=O) groups excluding carboxylic acids is 4. The van der Waals surface area contributed by atoms with Gasteiger partial charge in [-0.25, -0.2) is 9.13 Å². The van der Waals surface area contributed by atoms with Crippen LogP contribution in [0.15, 0.2) is 0 Å². The molecule has 0 aliphatic carbocycles. The standard InChI is InChI=1S/C78H152O17P2/c1-7-10-12-14-16-18-20-21-22-23-24-25-31-38-44-50-56-62-77(82)94-73(67-89-76(81)61-55-49-43-37-30-27-26-29-34-40-46-52-58-70(4)5)68-92-96(84,85)90-64-72(79)65-91-97(86,87)93-69-74(66-88-75(80)60-54-48-42-36-28-19-17-15-13-11-8-2)95-78(83)63-57-51-45-39-33-32-35-41-47-53-59-71(6)9-3/h70-74,79H,7-69H2,1-6H3,(H,84,85)(H,86,87)/t71?,72-,73-,74-/m1/s1. The van der Waals surface area contributed by atoms with Crippen molar-refractivity contribution in [3.63, 3.8) is 0 Å². The van der Waals surface area contributed by atoms with E-state index in [0.29, 0.717) is 25.7 Å². The summed E-state index contributed by atoms with van der Waals surface area (Å²) < 4.78 is 68.6. The Kier molecular flexibility index (Phi) is 68.4. The van der Waals surface area contributed by atoms with Crippen molar-refractivity contribution in [1.82, 2.24) is 0 Å². The van der Waals surface area contributed by atoms with Gasteiger partial charge >= 0.3 is 39.5 Å². The summed E-state index contributed by atoms with van der Waals surface area (Å²) >= 11 is 0. The number of phosphoric acid groups is 2. The van der Waals surface area contributed by atoms with Crippen molar-refractivity contribution < 1.29 is 80.2 Å². The minimum atomic E-state index is -4.96. The van der Waals surface area contributed by atoms with Gasteiger partial charge in [0, 0.05) is 25.7 Å². The number of hydrogen-bond acceptors (Lipinski definition) is 15. The number of aliphatic hydroxyl groups is 1. The number of carbonyl (C=O) groups is 4. The SMILES string of the molecule is CCCCCCCCCCCCCCCCCCCC(=O)O[C@H](COC(=O)CCCCCCCCCCCCCCC(C)C)COP(=O)(O)OC[C@@H](O)COP(=O)(O)OC[C@@H](COC(=O)CCCCCCCCCCCCC)OC(=O)CCCCCCCCCCCCC(C)CC. The molecule has 0 aromatic carbocycles. The van der Waals surface area contributed by atoms with Gasteiger partial charge in [-0.1, -0.05) is 356 Å². The molecule has 97 heavy (non-hydrogen) atoms. The van der Waals surface area contributed by atoms with E-state index in [1.807, 2.05) is 0 Å². The largest absolute Gasteiger partial charge is 0.472 e. The molecule has 3 unspecified atom stereocenters. The van der Waals surface area contributed by atoms with E-state index in [-0.39, 0.29) is 25.7 Å². The Morgan fingerprint density at radius 2 is 0.526 bits per heavy atom. The molecular formula is C78H152O17P2. The van der Waals surface area contributed by atoms with Gasteiger partial charge in [0.05, 0.1) is 26.4 Å². The fourth-order valence-electron chi connectivity index (χ4n) is 12.0. The van der Waals surface area contributed by atoms with Gasteiger partial charge < -0.3 is 33.8 Å². The summed E-state index contributed by atoms with van der Waals surface area (Å²) in [6.07, 6.45) is 58.0. The first-order valence-corrected chi connectivity index (χ1v) is 43.5. The van der Waals surface area contributed by atoms with Crippen molar-refractivity contribution >= 4 is 39.5 Å². The van der Waals surface area contributed by atoms with E-state index in [1.54, 1.807) is 0 Å². The number of unbranched alkanes of at least 4 members (excludes halogenated alkanes) is 46. The van der Waals surface area contributed by atoms with Gasteiger partial charge in [0.15, 0.2) is 12.2 Å².